The zero-order valence-electron chi connectivity index (χ0n) is 12.6. The summed E-state index contributed by atoms with van der Waals surface area (Å²) in [5.74, 6) is 0.0491. The largest absolute Gasteiger partial charge is 0.350 e. The van der Waals surface area contributed by atoms with E-state index in [0.717, 1.165) is 0 Å². The second kappa shape index (κ2) is 5.69. The first kappa shape index (κ1) is 14.3. The molecule has 0 radical (unpaired) electrons. The summed E-state index contributed by atoms with van der Waals surface area (Å²) in [5.41, 5.74) is 8.45. The van der Waals surface area contributed by atoms with Crippen molar-refractivity contribution in [2.24, 2.45) is 0 Å². The van der Waals surface area contributed by atoms with Gasteiger partial charge < -0.3 is 10.3 Å². The summed E-state index contributed by atoms with van der Waals surface area (Å²) in [5, 5.41) is 3.42. The molecular formula is C17H14FN5O. The van der Waals surface area contributed by atoms with Crippen molar-refractivity contribution in [1.29, 1.82) is 0 Å². The Labute approximate surface area is 136 Å². The fraction of sp³-hybridized carbons (Fsp3) is 0.0588. The molecule has 2 aromatic heterocycles. The van der Waals surface area contributed by atoms with E-state index in [1.807, 2.05) is 24.3 Å². The molecule has 1 aliphatic heterocycles. The number of nitrogens with one attached hydrogen (secondary N) is 4. The van der Waals surface area contributed by atoms with Gasteiger partial charge in [0, 0.05) is 29.2 Å². The predicted octanol–water partition coefficient (Wildman–Crippen LogP) is 2.40. The highest BCUT2D eigenvalue weighted by molar-refractivity contribution is 6.07. The van der Waals surface area contributed by atoms with Gasteiger partial charge in [-0.1, -0.05) is 6.07 Å². The van der Waals surface area contributed by atoms with Crippen LogP contribution in [0.15, 0.2) is 48.7 Å². The number of anilines is 1. The Kier molecular flexibility index (Phi) is 3.38. The maximum atomic E-state index is 13.7. The number of halogens is 1. The third-order valence-electron chi connectivity index (χ3n) is 3.82. The normalized spacial score (nSPS) is 13.7. The number of pyridine rings is 1. The molecule has 7 heteroatoms. The van der Waals surface area contributed by atoms with E-state index >= 15 is 0 Å². The summed E-state index contributed by atoms with van der Waals surface area (Å²) in [7, 11) is 0. The van der Waals surface area contributed by atoms with Crippen LogP contribution in [-0.2, 0) is 0 Å². The molecule has 0 atom stereocenters. The molecule has 0 bridgehead atoms. The molecule has 0 aliphatic carbocycles. The van der Waals surface area contributed by atoms with Crippen LogP contribution in [0.25, 0.3) is 16.6 Å². The standard InChI is InChI=1S/C17H14FN5O/c18-10-4-5-12-11(9-10)15-13(6-8-20-17(24)16(15)21-12)22-23-14-3-1-2-7-19-14/h1-7,9,21-22H,8H2,(H,19,23)(H,20,24). The molecule has 0 fully saturated rings. The number of nitrogens with zero attached hydrogens (tertiary/aromatic N) is 1. The molecule has 4 rings (SSSR count). The highest BCUT2D eigenvalue weighted by Crippen LogP contribution is 2.29. The molecule has 0 unspecified atom stereocenters. The van der Waals surface area contributed by atoms with Gasteiger partial charge in [0.15, 0.2) is 0 Å². The fourth-order valence-electron chi connectivity index (χ4n) is 2.73. The van der Waals surface area contributed by atoms with Gasteiger partial charge in [-0.25, -0.2) is 9.37 Å². The summed E-state index contributed by atoms with van der Waals surface area (Å²) >= 11 is 0. The number of aromatic nitrogens is 2. The molecule has 0 saturated heterocycles. The predicted molar refractivity (Wildman–Crippen MR) is 89.6 cm³/mol. The summed E-state index contributed by atoms with van der Waals surface area (Å²) in [6, 6.07) is 9.88. The first-order valence-corrected chi connectivity index (χ1v) is 7.45. The van der Waals surface area contributed by atoms with Crippen molar-refractivity contribution >= 4 is 28.3 Å². The van der Waals surface area contributed by atoms with Gasteiger partial charge in [-0.05, 0) is 36.4 Å². The van der Waals surface area contributed by atoms with Crippen LogP contribution in [0, 0.1) is 5.82 Å². The highest BCUT2D eigenvalue weighted by atomic mass is 19.1. The highest BCUT2D eigenvalue weighted by Gasteiger charge is 2.23. The van der Waals surface area contributed by atoms with E-state index in [9.17, 15) is 9.18 Å². The average molecular weight is 323 g/mol. The van der Waals surface area contributed by atoms with E-state index in [-0.39, 0.29) is 11.7 Å². The van der Waals surface area contributed by atoms with E-state index in [2.05, 4.69) is 26.1 Å². The lowest BCUT2D eigenvalue weighted by atomic mass is 10.1. The Morgan fingerprint density at radius 1 is 1.17 bits per heavy atom. The number of benzene rings is 1. The van der Waals surface area contributed by atoms with Crippen molar-refractivity contribution in [3.63, 3.8) is 0 Å². The molecular weight excluding hydrogens is 309 g/mol. The number of aromatic amines is 1. The Hall–Kier alpha value is -3.35. The van der Waals surface area contributed by atoms with Gasteiger partial charge in [0.05, 0.1) is 5.70 Å². The lowest BCUT2D eigenvalue weighted by molar-refractivity contribution is 0.0954. The Morgan fingerprint density at radius 2 is 2.08 bits per heavy atom. The number of carbonyl (C=O) groups excluding carboxylic acids is 1. The second-order valence-electron chi connectivity index (χ2n) is 5.36. The van der Waals surface area contributed by atoms with Crippen LogP contribution in [0.2, 0.25) is 0 Å². The molecule has 1 amide bonds. The van der Waals surface area contributed by atoms with Crippen molar-refractivity contribution in [2.75, 3.05) is 12.0 Å². The molecule has 3 heterocycles. The molecule has 0 spiro atoms. The van der Waals surface area contributed by atoms with Crippen molar-refractivity contribution in [1.82, 2.24) is 20.7 Å². The number of H-pyrrole nitrogens is 1. The van der Waals surface area contributed by atoms with Gasteiger partial charge >= 0.3 is 0 Å². The summed E-state index contributed by atoms with van der Waals surface area (Å²) in [6.07, 6.45) is 3.50. The lowest BCUT2D eigenvalue weighted by Gasteiger charge is -2.12. The van der Waals surface area contributed by atoms with Gasteiger partial charge in [0.25, 0.3) is 5.91 Å². The monoisotopic (exact) mass is 323 g/mol. The minimum Gasteiger partial charge on any atom is -0.350 e. The molecule has 0 saturated carbocycles. The van der Waals surface area contributed by atoms with Gasteiger partial charge in [0.1, 0.15) is 17.3 Å². The number of hydrogen-bond acceptors (Lipinski definition) is 4. The molecule has 3 aromatic rings. The topological polar surface area (TPSA) is 81.8 Å². The maximum Gasteiger partial charge on any atom is 0.268 e. The van der Waals surface area contributed by atoms with Gasteiger partial charge in [-0.15, -0.1) is 0 Å². The number of carbonyl (C=O) groups is 1. The van der Waals surface area contributed by atoms with Crippen LogP contribution in [0.3, 0.4) is 0 Å². The van der Waals surface area contributed by atoms with E-state index in [0.29, 0.717) is 40.2 Å². The van der Waals surface area contributed by atoms with Crippen LogP contribution < -0.4 is 16.2 Å². The van der Waals surface area contributed by atoms with E-state index in [1.54, 1.807) is 12.3 Å². The lowest BCUT2D eigenvalue weighted by Crippen LogP contribution is -2.22. The van der Waals surface area contributed by atoms with Crippen LogP contribution in [0.5, 0.6) is 0 Å². The van der Waals surface area contributed by atoms with Gasteiger partial charge in [-0.3, -0.25) is 15.6 Å². The number of hydrazine groups is 1. The van der Waals surface area contributed by atoms with Gasteiger partial charge in [0.2, 0.25) is 0 Å². The molecule has 120 valence electrons. The van der Waals surface area contributed by atoms with E-state index < -0.39 is 0 Å². The zero-order chi connectivity index (χ0) is 16.5. The quantitative estimate of drug-likeness (QED) is 0.558. The average Bonchev–Trinajstić information content (AvgIpc) is 2.89. The van der Waals surface area contributed by atoms with Crippen molar-refractivity contribution in [3.05, 3.63) is 65.7 Å². The number of amides is 1. The third-order valence-corrected chi connectivity index (χ3v) is 3.82. The maximum absolute atomic E-state index is 13.7. The minimum atomic E-state index is -0.356. The smallest absolute Gasteiger partial charge is 0.268 e. The van der Waals surface area contributed by atoms with Crippen LogP contribution in [0.4, 0.5) is 10.2 Å². The Balaban J connectivity index is 1.77. The minimum absolute atomic E-state index is 0.229. The molecule has 1 aromatic carbocycles. The Bertz CT molecular complexity index is 948. The zero-order valence-corrected chi connectivity index (χ0v) is 12.6. The third kappa shape index (κ3) is 2.45. The fourth-order valence-corrected chi connectivity index (χ4v) is 2.73. The molecule has 1 aliphatic rings. The van der Waals surface area contributed by atoms with Crippen LogP contribution in [0.1, 0.15) is 16.1 Å². The summed E-state index contributed by atoms with van der Waals surface area (Å²) in [6.45, 7) is 0.365. The summed E-state index contributed by atoms with van der Waals surface area (Å²) < 4.78 is 13.7. The molecule has 24 heavy (non-hydrogen) atoms. The van der Waals surface area contributed by atoms with Crippen LogP contribution in [-0.4, -0.2) is 22.4 Å². The molecule has 6 nitrogen and oxygen atoms in total. The first-order valence-electron chi connectivity index (χ1n) is 7.45. The summed E-state index contributed by atoms with van der Waals surface area (Å²) in [4.78, 5) is 19.5. The SMILES string of the molecule is O=C1NCC=C(NNc2ccccn2)c2c1[nH]c1ccc(F)cc21. The number of fused-ring (bicyclic) bond motifs is 3. The Morgan fingerprint density at radius 3 is 2.92 bits per heavy atom. The van der Waals surface area contributed by atoms with E-state index in [4.69, 9.17) is 0 Å². The van der Waals surface area contributed by atoms with Crippen molar-refractivity contribution < 1.29 is 9.18 Å². The van der Waals surface area contributed by atoms with Crippen LogP contribution >= 0.6 is 0 Å². The van der Waals surface area contributed by atoms with E-state index in [1.165, 1.54) is 12.1 Å². The molecule has 4 N–H and O–H groups in total. The van der Waals surface area contributed by atoms with Crippen molar-refractivity contribution in [2.45, 2.75) is 0 Å². The number of rotatable bonds is 3. The first-order chi connectivity index (χ1) is 11.7. The van der Waals surface area contributed by atoms with Crippen molar-refractivity contribution in [3.8, 4) is 0 Å². The second-order valence-corrected chi connectivity index (χ2v) is 5.36. The van der Waals surface area contributed by atoms with Gasteiger partial charge in [-0.2, -0.15) is 0 Å². The number of hydrogen-bond donors (Lipinski definition) is 4.